The Kier molecular flexibility index (Phi) is 2.20. The first-order valence-corrected chi connectivity index (χ1v) is 6.18. The molecule has 20 heavy (non-hydrogen) atoms. The van der Waals surface area contributed by atoms with Crippen LogP contribution in [-0.2, 0) is 0 Å². The minimum Gasteiger partial charge on any atom is -0.435 e. The molecule has 1 aromatic carbocycles. The van der Waals surface area contributed by atoms with E-state index in [1.54, 1.807) is 16.8 Å². The third kappa shape index (κ3) is 1.53. The topological polar surface area (TPSA) is 56.2 Å². The second-order valence-corrected chi connectivity index (χ2v) is 4.36. The molecule has 5 nitrogen and oxygen atoms in total. The van der Waals surface area contributed by atoms with E-state index in [2.05, 4.69) is 21.6 Å². The van der Waals surface area contributed by atoms with Gasteiger partial charge in [-0.2, -0.15) is 5.10 Å². The van der Waals surface area contributed by atoms with Crippen molar-refractivity contribution in [2.45, 2.75) is 0 Å². The Hall–Kier alpha value is -2.95. The van der Waals surface area contributed by atoms with Crippen molar-refractivity contribution in [1.29, 1.82) is 0 Å². The van der Waals surface area contributed by atoms with E-state index in [0.29, 0.717) is 5.89 Å². The first-order valence-electron chi connectivity index (χ1n) is 6.18. The molecular formula is C15H10N4O. The average Bonchev–Trinajstić information content (AvgIpc) is 3.09. The fourth-order valence-electron chi connectivity index (χ4n) is 2.12. The molecule has 0 spiro atoms. The van der Waals surface area contributed by atoms with Crippen molar-refractivity contribution < 1.29 is 4.42 Å². The van der Waals surface area contributed by atoms with Crippen molar-refractivity contribution in [1.82, 2.24) is 19.6 Å². The highest BCUT2D eigenvalue weighted by molar-refractivity contribution is 5.75. The van der Waals surface area contributed by atoms with E-state index in [1.165, 1.54) is 0 Å². The number of rotatable bonds is 2. The molecule has 4 aromatic rings. The van der Waals surface area contributed by atoms with Crippen LogP contribution in [0.15, 0.2) is 53.6 Å². The second-order valence-electron chi connectivity index (χ2n) is 4.36. The molecule has 3 heterocycles. The second kappa shape index (κ2) is 4.03. The third-order valence-corrected chi connectivity index (χ3v) is 3.11. The van der Waals surface area contributed by atoms with Crippen molar-refractivity contribution in [3.63, 3.8) is 0 Å². The first-order chi connectivity index (χ1) is 9.85. The molecule has 0 unspecified atom stereocenters. The number of hydrogen-bond acceptors (Lipinski definition) is 4. The molecule has 0 bridgehead atoms. The molecule has 0 amide bonds. The van der Waals surface area contributed by atoms with Crippen molar-refractivity contribution in [3.05, 3.63) is 54.9 Å². The summed E-state index contributed by atoms with van der Waals surface area (Å²) in [7, 11) is 0. The fourth-order valence-corrected chi connectivity index (χ4v) is 2.12. The highest BCUT2D eigenvalue weighted by atomic mass is 16.3. The molecule has 3 aromatic heterocycles. The maximum Gasteiger partial charge on any atom is 0.248 e. The maximum atomic E-state index is 5.76. The Bertz CT molecular complexity index is 902. The smallest absolute Gasteiger partial charge is 0.248 e. The van der Waals surface area contributed by atoms with E-state index < -0.39 is 0 Å². The summed E-state index contributed by atoms with van der Waals surface area (Å²) in [6.45, 7) is 3.72. The van der Waals surface area contributed by atoms with Gasteiger partial charge in [-0.3, -0.25) is 0 Å². The van der Waals surface area contributed by atoms with Gasteiger partial charge in [-0.1, -0.05) is 18.7 Å². The highest BCUT2D eigenvalue weighted by Crippen LogP contribution is 2.24. The zero-order valence-corrected chi connectivity index (χ0v) is 10.5. The molecule has 0 aliphatic rings. The lowest BCUT2D eigenvalue weighted by atomic mass is 10.3. The Balaban J connectivity index is 1.98. The van der Waals surface area contributed by atoms with E-state index in [1.807, 2.05) is 36.4 Å². The Morgan fingerprint density at radius 2 is 2.05 bits per heavy atom. The van der Waals surface area contributed by atoms with E-state index in [4.69, 9.17) is 4.42 Å². The van der Waals surface area contributed by atoms with Crippen LogP contribution in [0.25, 0.3) is 34.4 Å². The van der Waals surface area contributed by atoms with Gasteiger partial charge in [-0.25, -0.2) is 14.5 Å². The van der Waals surface area contributed by atoms with Gasteiger partial charge in [0.1, 0.15) is 11.2 Å². The Labute approximate surface area is 114 Å². The van der Waals surface area contributed by atoms with Crippen molar-refractivity contribution in [2.24, 2.45) is 0 Å². The molecule has 0 aliphatic heterocycles. The number of oxazole rings is 1. The van der Waals surface area contributed by atoms with Gasteiger partial charge in [0.2, 0.25) is 5.89 Å². The molecule has 0 fully saturated rings. The summed E-state index contributed by atoms with van der Waals surface area (Å²) in [5, 5.41) is 4.44. The Morgan fingerprint density at radius 3 is 2.90 bits per heavy atom. The summed E-state index contributed by atoms with van der Waals surface area (Å²) in [4.78, 5) is 8.77. The van der Waals surface area contributed by atoms with E-state index >= 15 is 0 Å². The standard InChI is InChI=1S/C15H10N4O/c1-2-10-7-8-14-16-9-12(19(14)18-10)15-17-11-5-3-4-6-13(11)20-15/h2-9H,1H2. The van der Waals surface area contributed by atoms with E-state index in [0.717, 1.165) is 28.1 Å². The van der Waals surface area contributed by atoms with Crippen LogP contribution in [-0.4, -0.2) is 19.6 Å². The van der Waals surface area contributed by atoms with Gasteiger partial charge >= 0.3 is 0 Å². The van der Waals surface area contributed by atoms with E-state index in [-0.39, 0.29) is 0 Å². The van der Waals surface area contributed by atoms with Crippen LogP contribution in [0.4, 0.5) is 0 Å². The van der Waals surface area contributed by atoms with Gasteiger partial charge in [0.25, 0.3) is 0 Å². The minimum absolute atomic E-state index is 0.507. The van der Waals surface area contributed by atoms with Crippen molar-refractivity contribution in [3.8, 4) is 11.6 Å². The van der Waals surface area contributed by atoms with Crippen LogP contribution in [0.2, 0.25) is 0 Å². The van der Waals surface area contributed by atoms with Crippen LogP contribution in [0, 0.1) is 0 Å². The fraction of sp³-hybridized carbons (Fsp3) is 0. The first kappa shape index (κ1) is 10.9. The van der Waals surface area contributed by atoms with E-state index in [9.17, 15) is 0 Å². The summed E-state index contributed by atoms with van der Waals surface area (Å²) in [5.74, 6) is 0.507. The number of fused-ring (bicyclic) bond motifs is 2. The predicted octanol–water partition coefficient (Wildman–Crippen LogP) is 3.18. The normalized spacial score (nSPS) is 11.2. The van der Waals surface area contributed by atoms with Gasteiger partial charge in [0.15, 0.2) is 11.2 Å². The summed E-state index contributed by atoms with van der Waals surface area (Å²) >= 11 is 0. The number of para-hydroxylation sites is 2. The number of nitrogens with zero attached hydrogens (tertiary/aromatic N) is 4. The van der Waals surface area contributed by atoms with Crippen LogP contribution in [0.3, 0.4) is 0 Å². The summed E-state index contributed by atoms with van der Waals surface area (Å²) in [6.07, 6.45) is 3.40. The number of aromatic nitrogens is 4. The summed E-state index contributed by atoms with van der Waals surface area (Å²) in [6, 6.07) is 11.4. The summed E-state index contributed by atoms with van der Waals surface area (Å²) < 4.78 is 7.47. The van der Waals surface area contributed by atoms with Crippen LogP contribution < -0.4 is 0 Å². The molecule has 0 saturated heterocycles. The van der Waals surface area contributed by atoms with Crippen molar-refractivity contribution in [2.75, 3.05) is 0 Å². The van der Waals surface area contributed by atoms with Gasteiger partial charge in [0, 0.05) is 0 Å². The van der Waals surface area contributed by atoms with Gasteiger partial charge in [0.05, 0.1) is 11.9 Å². The number of benzene rings is 1. The molecule has 0 atom stereocenters. The quantitative estimate of drug-likeness (QED) is 0.556. The predicted molar refractivity (Wildman–Crippen MR) is 76.1 cm³/mol. The Morgan fingerprint density at radius 1 is 1.15 bits per heavy atom. The van der Waals surface area contributed by atoms with Crippen LogP contribution in [0.1, 0.15) is 5.69 Å². The zero-order chi connectivity index (χ0) is 13.5. The molecule has 0 radical (unpaired) electrons. The van der Waals surface area contributed by atoms with Crippen LogP contribution in [0.5, 0.6) is 0 Å². The number of hydrogen-bond donors (Lipinski definition) is 0. The molecular weight excluding hydrogens is 252 g/mol. The van der Waals surface area contributed by atoms with Crippen LogP contribution >= 0.6 is 0 Å². The minimum atomic E-state index is 0.507. The molecule has 96 valence electrons. The van der Waals surface area contributed by atoms with Gasteiger partial charge < -0.3 is 4.42 Å². The SMILES string of the molecule is C=Cc1ccc2ncc(-c3nc4ccccc4o3)n2n1. The molecule has 5 heteroatoms. The third-order valence-electron chi connectivity index (χ3n) is 3.11. The largest absolute Gasteiger partial charge is 0.435 e. The van der Waals surface area contributed by atoms with Crippen molar-refractivity contribution >= 4 is 22.8 Å². The zero-order valence-electron chi connectivity index (χ0n) is 10.5. The maximum absolute atomic E-state index is 5.76. The summed E-state index contributed by atoms with van der Waals surface area (Å²) in [5.41, 5.74) is 3.80. The van der Waals surface area contributed by atoms with Gasteiger partial charge in [-0.05, 0) is 30.3 Å². The molecule has 0 aliphatic carbocycles. The highest BCUT2D eigenvalue weighted by Gasteiger charge is 2.13. The average molecular weight is 262 g/mol. The lowest BCUT2D eigenvalue weighted by Gasteiger charge is -1.97. The molecule has 0 N–H and O–H groups in total. The molecule has 0 saturated carbocycles. The van der Waals surface area contributed by atoms with Gasteiger partial charge in [-0.15, -0.1) is 0 Å². The lowest BCUT2D eigenvalue weighted by molar-refractivity contribution is 0.613. The lowest BCUT2D eigenvalue weighted by Crippen LogP contribution is -1.96. The molecule has 4 rings (SSSR count). The monoisotopic (exact) mass is 262 g/mol. The number of imidazole rings is 1.